The number of ether oxygens (including phenoxy) is 2. The quantitative estimate of drug-likeness (QED) is 0.442. The molecule has 6 rings (SSSR count). The first kappa shape index (κ1) is 22.8. The maximum atomic E-state index is 13.2. The van der Waals surface area contributed by atoms with Crippen molar-refractivity contribution in [2.24, 2.45) is 11.8 Å². The number of amides is 1. The van der Waals surface area contributed by atoms with Crippen LogP contribution in [-0.4, -0.2) is 51.8 Å². The zero-order valence-corrected chi connectivity index (χ0v) is 21.3. The second kappa shape index (κ2) is 9.12. The fourth-order valence-corrected chi connectivity index (χ4v) is 6.07. The van der Waals surface area contributed by atoms with Gasteiger partial charge in [0, 0.05) is 22.5 Å². The molecular formula is C23H25BrFN6O3S+. The molecule has 1 amide bonds. The van der Waals surface area contributed by atoms with E-state index in [4.69, 9.17) is 20.2 Å². The molecule has 1 unspecified atom stereocenters. The van der Waals surface area contributed by atoms with Gasteiger partial charge >= 0.3 is 0 Å². The van der Waals surface area contributed by atoms with Gasteiger partial charge in [-0.05, 0) is 71.4 Å². The first-order valence-corrected chi connectivity index (χ1v) is 13.3. The molecule has 2 aliphatic heterocycles. The standard InChI is InChI=1S/C23H24BrFN6O3S/c24-14-8-16-17(34-11-33-16)9-18(14)35-23-28-19-20(26)27-10-31(21(19)29-23)6-3-12-1-4-30(5-2-12)22(32)13-7-15(13)25/h8-10,12-13,15H,1-7,11H2,(H2,26,28,29)/p+1/t13?,15-/m0/s1. The Morgan fingerprint density at radius 1 is 1.31 bits per heavy atom. The zero-order chi connectivity index (χ0) is 24.1. The molecule has 2 aromatic heterocycles. The summed E-state index contributed by atoms with van der Waals surface area (Å²) in [5.74, 6) is 1.92. The number of nitrogens with one attached hydrogen (secondary N) is 1. The molecule has 0 bridgehead atoms. The normalized spacial score (nSPS) is 21.6. The Labute approximate surface area is 213 Å². The number of rotatable bonds is 6. The molecule has 3 N–H and O–H groups in total. The molecule has 3 aromatic rings. The molecule has 12 heteroatoms. The summed E-state index contributed by atoms with van der Waals surface area (Å²) >= 11 is 5.06. The van der Waals surface area contributed by atoms with Crippen LogP contribution in [0.5, 0.6) is 11.5 Å². The van der Waals surface area contributed by atoms with Crippen LogP contribution in [0.3, 0.4) is 0 Å². The summed E-state index contributed by atoms with van der Waals surface area (Å²) in [4.78, 5) is 27.5. The van der Waals surface area contributed by atoms with Crippen LogP contribution in [0.2, 0.25) is 0 Å². The summed E-state index contributed by atoms with van der Waals surface area (Å²) < 4.78 is 27.1. The number of anilines is 1. The van der Waals surface area contributed by atoms with Crippen molar-refractivity contribution in [2.75, 3.05) is 25.6 Å². The van der Waals surface area contributed by atoms with E-state index in [-0.39, 0.29) is 18.6 Å². The maximum Gasteiger partial charge on any atom is 0.294 e. The molecule has 2 atom stereocenters. The van der Waals surface area contributed by atoms with Crippen LogP contribution in [0.15, 0.2) is 33.0 Å². The Kier molecular flexibility index (Phi) is 5.95. The Hall–Kier alpha value is -2.60. The number of hydrogen-bond donors (Lipinski definition) is 2. The number of likely N-dealkylation sites (tertiary alicyclic amines) is 1. The van der Waals surface area contributed by atoms with E-state index in [1.807, 2.05) is 21.6 Å². The van der Waals surface area contributed by atoms with Gasteiger partial charge in [0.15, 0.2) is 17.0 Å². The second-order valence-corrected chi connectivity index (χ2v) is 11.1. The molecule has 184 valence electrons. The number of aromatic amines is 1. The molecule has 4 heterocycles. The number of carbonyl (C=O) groups excluding carboxylic acids is 1. The van der Waals surface area contributed by atoms with Gasteiger partial charge in [-0.3, -0.25) is 4.79 Å². The monoisotopic (exact) mass is 563 g/mol. The fourth-order valence-electron chi connectivity index (χ4n) is 4.69. The van der Waals surface area contributed by atoms with Gasteiger partial charge in [0.25, 0.3) is 5.65 Å². The Bertz CT molecular complexity index is 1300. The second-order valence-electron chi connectivity index (χ2n) is 9.22. The molecule has 9 nitrogen and oxygen atoms in total. The van der Waals surface area contributed by atoms with Gasteiger partial charge in [-0.1, -0.05) is 9.97 Å². The average Bonchev–Trinajstić information content (AvgIpc) is 3.21. The van der Waals surface area contributed by atoms with Gasteiger partial charge in [0.1, 0.15) is 6.17 Å². The predicted octanol–water partition coefficient (Wildman–Crippen LogP) is 3.46. The first-order valence-electron chi connectivity index (χ1n) is 11.7. The number of nitrogen functional groups attached to an aromatic ring is 1. The molecular weight excluding hydrogens is 539 g/mol. The van der Waals surface area contributed by atoms with E-state index in [1.54, 1.807) is 6.33 Å². The average molecular weight is 564 g/mol. The summed E-state index contributed by atoms with van der Waals surface area (Å²) in [5.41, 5.74) is 7.61. The minimum absolute atomic E-state index is 0.00887. The summed E-state index contributed by atoms with van der Waals surface area (Å²) in [5, 5.41) is 0.700. The van der Waals surface area contributed by atoms with Crippen molar-refractivity contribution in [1.29, 1.82) is 0 Å². The van der Waals surface area contributed by atoms with Crippen LogP contribution < -0.4 is 19.8 Å². The van der Waals surface area contributed by atoms with Crippen molar-refractivity contribution in [2.45, 2.75) is 48.5 Å². The van der Waals surface area contributed by atoms with E-state index < -0.39 is 6.17 Å². The highest BCUT2D eigenvalue weighted by Crippen LogP contribution is 2.42. The summed E-state index contributed by atoms with van der Waals surface area (Å²) in [6, 6.07) is 3.82. The molecule has 3 aliphatic rings. The lowest BCUT2D eigenvalue weighted by Crippen LogP contribution is -2.41. The molecule has 0 spiro atoms. The molecule has 1 saturated carbocycles. The van der Waals surface area contributed by atoms with Crippen LogP contribution in [-0.2, 0) is 11.3 Å². The SMILES string of the molecule is Nc1nc[n+](CCC2CCN(C(=O)C3C[C@@H]3F)CC2)c2nc(Sc3cc4c(cc3Br)OCO4)[nH]c12. The van der Waals surface area contributed by atoms with Crippen molar-refractivity contribution < 1.29 is 23.2 Å². The maximum absolute atomic E-state index is 13.2. The van der Waals surface area contributed by atoms with Gasteiger partial charge in [-0.25, -0.2) is 8.96 Å². The third-order valence-electron chi connectivity index (χ3n) is 6.90. The summed E-state index contributed by atoms with van der Waals surface area (Å²) in [6.45, 7) is 2.39. The minimum atomic E-state index is -0.930. The van der Waals surface area contributed by atoms with E-state index in [2.05, 4.69) is 25.9 Å². The number of carbonyl (C=O) groups is 1. The van der Waals surface area contributed by atoms with Gasteiger partial charge in [0.2, 0.25) is 30.0 Å². The topological polar surface area (TPSA) is 110 Å². The number of aromatic nitrogens is 4. The lowest BCUT2D eigenvalue weighted by atomic mass is 9.93. The Balaban J connectivity index is 1.13. The number of H-pyrrole nitrogens is 1. The zero-order valence-electron chi connectivity index (χ0n) is 18.9. The van der Waals surface area contributed by atoms with Crippen LogP contribution in [0.25, 0.3) is 11.2 Å². The minimum Gasteiger partial charge on any atom is -0.454 e. The number of benzene rings is 1. The summed E-state index contributed by atoms with van der Waals surface area (Å²) in [6.07, 6.45) is 4.01. The smallest absolute Gasteiger partial charge is 0.294 e. The predicted molar refractivity (Wildman–Crippen MR) is 130 cm³/mol. The summed E-state index contributed by atoms with van der Waals surface area (Å²) in [7, 11) is 0. The van der Waals surface area contributed by atoms with Crippen molar-refractivity contribution in [3.63, 3.8) is 0 Å². The molecule has 0 radical (unpaired) electrons. The Morgan fingerprint density at radius 3 is 2.80 bits per heavy atom. The van der Waals surface area contributed by atoms with Crippen LogP contribution in [0.4, 0.5) is 10.2 Å². The Morgan fingerprint density at radius 2 is 2.06 bits per heavy atom. The number of nitrogens with two attached hydrogens (primary N) is 1. The highest BCUT2D eigenvalue weighted by atomic mass is 79.9. The van der Waals surface area contributed by atoms with Crippen LogP contribution in [0.1, 0.15) is 25.7 Å². The van der Waals surface area contributed by atoms with Gasteiger partial charge in [-0.2, -0.15) is 0 Å². The lowest BCUT2D eigenvalue weighted by Gasteiger charge is -2.32. The molecule has 1 saturated heterocycles. The van der Waals surface area contributed by atoms with Crippen LogP contribution >= 0.6 is 27.7 Å². The van der Waals surface area contributed by atoms with E-state index in [1.165, 1.54) is 11.8 Å². The fraction of sp³-hybridized carbons (Fsp3) is 0.478. The van der Waals surface area contributed by atoms with Gasteiger partial charge in [0.05, 0.1) is 12.5 Å². The number of fused-ring (bicyclic) bond motifs is 2. The van der Waals surface area contributed by atoms with Crippen molar-refractivity contribution in [1.82, 2.24) is 19.9 Å². The highest BCUT2D eigenvalue weighted by molar-refractivity contribution is 9.10. The van der Waals surface area contributed by atoms with E-state index in [0.717, 1.165) is 40.8 Å². The molecule has 1 aromatic carbocycles. The molecule has 1 aliphatic carbocycles. The molecule has 35 heavy (non-hydrogen) atoms. The molecule has 2 fully saturated rings. The largest absolute Gasteiger partial charge is 0.454 e. The third kappa shape index (κ3) is 4.53. The third-order valence-corrected chi connectivity index (χ3v) is 8.76. The number of halogens is 2. The van der Waals surface area contributed by atoms with E-state index in [0.29, 0.717) is 53.4 Å². The lowest BCUT2D eigenvalue weighted by molar-refractivity contribution is -0.677. The van der Waals surface area contributed by atoms with Crippen molar-refractivity contribution in [3.8, 4) is 11.5 Å². The number of imidazole rings is 1. The van der Waals surface area contributed by atoms with Gasteiger partial charge in [-0.15, -0.1) is 0 Å². The van der Waals surface area contributed by atoms with Crippen LogP contribution in [0, 0.1) is 11.8 Å². The first-order chi connectivity index (χ1) is 17.0. The van der Waals surface area contributed by atoms with Crippen molar-refractivity contribution in [3.05, 3.63) is 22.9 Å². The van der Waals surface area contributed by atoms with E-state index >= 15 is 0 Å². The number of aryl methyl sites for hydroxylation is 1. The highest BCUT2D eigenvalue weighted by Gasteiger charge is 2.46. The van der Waals surface area contributed by atoms with Gasteiger partial charge < -0.3 is 25.1 Å². The number of piperidine rings is 1. The number of nitrogens with zero attached hydrogens (tertiary/aromatic N) is 4. The van der Waals surface area contributed by atoms with Crippen molar-refractivity contribution >= 4 is 50.6 Å². The van der Waals surface area contributed by atoms with E-state index in [9.17, 15) is 9.18 Å². The number of hydrogen-bond acceptors (Lipinski definition) is 7. The number of alkyl halides is 1.